The zero-order valence-corrected chi connectivity index (χ0v) is 10.2. The fourth-order valence-corrected chi connectivity index (χ4v) is 1.67. The Morgan fingerprint density at radius 1 is 1.21 bits per heavy atom. The summed E-state index contributed by atoms with van der Waals surface area (Å²) in [6.45, 7) is 1.55. The van der Waals surface area contributed by atoms with Crippen LogP contribution in [0.5, 0.6) is 0 Å². The van der Waals surface area contributed by atoms with Crippen molar-refractivity contribution in [1.82, 2.24) is 0 Å². The molecule has 0 bridgehead atoms. The number of halogens is 2. The van der Waals surface area contributed by atoms with Gasteiger partial charge in [0.1, 0.15) is 11.6 Å². The summed E-state index contributed by atoms with van der Waals surface area (Å²) < 4.78 is 26.2. The predicted molar refractivity (Wildman–Crippen MR) is 69.9 cm³/mol. The summed E-state index contributed by atoms with van der Waals surface area (Å²) in [5, 5.41) is 2.55. The third-order valence-corrected chi connectivity index (χ3v) is 2.77. The first-order chi connectivity index (χ1) is 8.99. The SMILES string of the molecule is Cc1c(F)cccc1NC(=O)c1ccc(F)cc1N. The molecular weight excluding hydrogens is 250 g/mol. The molecular formula is C14H12F2N2O. The Morgan fingerprint density at radius 3 is 2.63 bits per heavy atom. The highest BCUT2D eigenvalue weighted by Gasteiger charge is 2.12. The molecule has 0 saturated heterocycles. The molecule has 0 aliphatic rings. The number of hydrogen-bond donors (Lipinski definition) is 2. The number of nitrogen functional groups attached to an aromatic ring is 1. The van der Waals surface area contributed by atoms with Crippen molar-refractivity contribution in [3.8, 4) is 0 Å². The standard InChI is InChI=1S/C14H12F2N2O/c1-8-11(16)3-2-4-13(8)18-14(19)10-6-5-9(15)7-12(10)17/h2-7H,17H2,1H3,(H,18,19). The van der Waals surface area contributed by atoms with Crippen LogP contribution in [0.1, 0.15) is 15.9 Å². The van der Waals surface area contributed by atoms with Crippen LogP contribution in [0, 0.1) is 18.6 Å². The van der Waals surface area contributed by atoms with E-state index >= 15 is 0 Å². The number of amides is 1. The second-order valence-corrected chi connectivity index (χ2v) is 4.10. The fraction of sp³-hybridized carbons (Fsp3) is 0.0714. The molecule has 3 N–H and O–H groups in total. The van der Waals surface area contributed by atoms with Crippen LogP contribution in [-0.4, -0.2) is 5.91 Å². The van der Waals surface area contributed by atoms with Gasteiger partial charge in [0, 0.05) is 16.9 Å². The van der Waals surface area contributed by atoms with Crippen LogP contribution in [0.25, 0.3) is 0 Å². The highest BCUT2D eigenvalue weighted by atomic mass is 19.1. The number of carbonyl (C=O) groups excluding carboxylic acids is 1. The summed E-state index contributed by atoms with van der Waals surface area (Å²) in [4.78, 5) is 12.0. The van der Waals surface area contributed by atoms with Gasteiger partial charge in [0.05, 0.1) is 5.56 Å². The molecule has 2 rings (SSSR count). The van der Waals surface area contributed by atoms with Crippen LogP contribution in [-0.2, 0) is 0 Å². The quantitative estimate of drug-likeness (QED) is 0.817. The van der Waals surface area contributed by atoms with Crippen LogP contribution in [0.3, 0.4) is 0 Å². The number of benzene rings is 2. The summed E-state index contributed by atoms with van der Waals surface area (Å²) in [7, 11) is 0. The highest BCUT2D eigenvalue weighted by molar-refractivity contribution is 6.08. The van der Waals surface area contributed by atoms with E-state index < -0.39 is 17.5 Å². The first-order valence-corrected chi connectivity index (χ1v) is 5.60. The van der Waals surface area contributed by atoms with Gasteiger partial charge in [-0.15, -0.1) is 0 Å². The molecule has 3 nitrogen and oxygen atoms in total. The lowest BCUT2D eigenvalue weighted by atomic mass is 10.1. The molecule has 0 radical (unpaired) electrons. The van der Waals surface area contributed by atoms with Gasteiger partial charge in [-0.3, -0.25) is 4.79 Å². The maximum Gasteiger partial charge on any atom is 0.257 e. The van der Waals surface area contributed by atoms with Crippen molar-refractivity contribution in [1.29, 1.82) is 0 Å². The van der Waals surface area contributed by atoms with Gasteiger partial charge >= 0.3 is 0 Å². The van der Waals surface area contributed by atoms with E-state index in [4.69, 9.17) is 5.73 Å². The van der Waals surface area contributed by atoms with Gasteiger partial charge in [0.25, 0.3) is 5.91 Å². The molecule has 0 aromatic heterocycles. The van der Waals surface area contributed by atoms with Gasteiger partial charge < -0.3 is 11.1 Å². The third-order valence-electron chi connectivity index (χ3n) is 2.77. The van der Waals surface area contributed by atoms with Crippen molar-refractivity contribution in [3.05, 3.63) is 59.2 Å². The molecule has 2 aromatic carbocycles. The molecule has 0 spiro atoms. The van der Waals surface area contributed by atoms with E-state index in [0.717, 1.165) is 12.1 Å². The number of carbonyl (C=O) groups is 1. The second kappa shape index (κ2) is 5.06. The zero-order chi connectivity index (χ0) is 14.0. The number of nitrogens with one attached hydrogen (secondary N) is 1. The predicted octanol–water partition coefficient (Wildman–Crippen LogP) is 3.11. The van der Waals surface area contributed by atoms with Gasteiger partial charge in [-0.1, -0.05) is 6.07 Å². The van der Waals surface area contributed by atoms with Crippen LogP contribution in [0.15, 0.2) is 36.4 Å². The first-order valence-electron chi connectivity index (χ1n) is 5.60. The molecule has 0 unspecified atom stereocenters. The molecule has 1 amide bonds. The Kier molecular flexibility index (Phi) is 3.46. The summed E-state index contributed by atoms with van der Waals surface area (Å²) in [5.41, 5.74) is 6.43. The average Bonchev–Trinajstić information content (AvgIpc) is 2.34. The second-order valence-electron chi connectivity index (χ2n) is 4.10. The minimum Gasteiger partial charge on any atom is -0.398 e. The number of anilines is 2. The zero-order valence-electron chi connectivity index (χ0n) is 10.2. The van der Waals surface area contributed by atoms with E-state index in [9.17, 15) is 13.6 Å². The molecule has 19 heavy (non-hydrogen) atoms. The summed E-state index contributed by atoms with van der Waals surface area (Å²) in [6.07, 6.45) is 0. The van der Waals surface area contributed by atoms with Gasteiger partial charge in [-0.05, 0) is 37.3 Å². The Labute approximate surface area is 109 Å². The molecule has 98 valence electrons. The monoisotopic (exact) mass is 262 g/mol. The van der Waals surface area contributed by atoms with E-state index in [1.165, 1.54) is 18.2 Å². The van der Waals surface area contributed by atoms with Crippen LogP contribution < -0.4 is 11.1 Å². The molecule has 5 heteroatoms. The first kappa shape index (κ1) is 13.0. The third kappa shape index (κ3) is 2.70. The Hall–Kier alpha value is -2.43. The van der Waals surface area contributed by atoms with Crippen LogP contribution in [0.4, 0.5) is 20.2 Å². The van der Waals surface area contributed by atoms with Crippen molar-refractivity contribution in [2.24, 2.45) is 0 Å². The van der Waals surface area contributed by atoms with E-state index in [2.05, 4.69) is 5.32 Å². The summed E-state index contributed by atoms with van der Waals surface area (Å²) in [5.74, 6) is -1.44. The largest absolute Gasteiger partial charge is 0.398 e. The smallest absolute Gasteiger partial charge is 0.257 e. The molecule has 0 atom stereocenters. The number of rotatable bonds is 2. The normalized spacial score (nSPS) is 10.3. The van der Waals surface area contributed by atoms with Gasteiger partial charge in [-0.25, -0.2) is 8.78 Å². The molecule has 0 heterocycles. The van der Waals surface area contributed by atoms with E-state index in [1.807, 2.05) is 0 Å². The van der Waals surface area contributed by atoms with Crippen LogP contribution in [0.2, 0.25) is 0 Å². The minimum atomic E-state index is -0.518. The lowest BCUT2D eigenvalue weighted by Gasteiger charge is -2.10. The topological polar surface area (TPSA) is 55.1 Å². The number of nitrogens with two attached hydrogens (primary N) is 1. The maximum absolute atomic E-state index is 13.3. The summed E-state index contributed by atoms with van der Waals surface area (Å²) in [6, 6.07) is 7.87. The molecule has 0 saturated carbocycles. The molecule has 0 aliphatic carbocycles. The van der Waals surface area contributed by atoms with Gasteiger partial charge in [-0.2, -0.15) is 0 Å². The van der Waals surface area contributed by atoms with Crippen molar-refractivity contribution in [2.75, 3.05) is 11.1 Å². The minimum absolute atomic E-state index is 0.0338. The van der Waals surface area contributed by atoms with Crippen molar-refractivity contribution < 1.29 is 13.6 Å². The Morgan fingerprint density at radius 2 is 1.95 bits per heavy atom. The van der Waals surface area contributed by atoms with E-state index in [1.54, 1.807) is 13.0 Å². The Balaban J connectivity index is 2.28. The van der Waals surface area contributed by atoms with E-state index in [0.29, 0.717) is 11.3 Å². The number of hydrogen-bond acceptors (Lipinski definition) is 2. The fourth-order valence-electron chi connectivity index (χ4n) is 1.67. The Bertz CT molecular complexity index is 641. The van der Waals surface area contributed by atoms with Crippen LogP contribution >= 0.6 is 0 Å². The van der Waals surface area contributed by atoms with Gasteiger partial charge in [0.15, 0.2) is 0 Å². The van der Waals surface area contributed by atoms with Crippen molar-refractivity contribution >= 4 is 17.3 Å². The maximum atomic E-state index is 13.3. The average molecular weight is 262 g/mol. The van der Waals surface area contributed by atoms with Gasteiger partial charge in [0.2, 0.25) is 0 Å². The molecule has 0 fully saturated rings. The molecule has 0 aliphatic heterocycles. The van der Waals surface area contributed by atoms with E-state index in [-0.39, 0.29) is 11.3 Å². The summed E-state index contributed by atoms with van der Waals surface area (Å²) >= 11 is 0. The lowest BCUT2D eigenvalue weighted by Crippen LogP contribution is -2.15. The lowest BCUT2D eigenvalue weighted by molar-refractivity contribution is 0.102. The van der Waals surface area contributed by atoms with Crippen molar-refractivity contribution in [2.45, 2.75) is 6.92 Å². The van der Waals surface area contributed by atoms with Crippen molar-refractivity contribution in [3.63, 3.8) is 0 Å². The highest BCUT2D eigenvalue weighted by Crippen LogP contribution is 2.20. The molecule has 2 aromatic rings.